The highest BCUT2D eigenvalue weighted by atomic mass is 16.5. The lowest BCUT2D eigenvalue weighted by Gasteiger charge is -2.33. The molecule has 174 valence electrons. The first-order chi connectivity index (χ1) is 15.8. The topological polar surface area (TPSA) is 95.9 Å². The lowest BCUT2D eigenvalue weighted by atomic mass is 9.97. The Morgan fingerprint density at radius 3 is 2.33 bits per heavy atom. The van der Waals surface area contributed by atoms with Gasteiger partial charge >= 0.3 is 12.1 Å². The Balaban J connectivity index is 1.28. The quantitative estimate of drug-likeness (QED) is 0.664. The van der Waals surface area contributed by atoms with E-state index in [-0.39, 0.29) is 25.0 Å². The van der Waals surface area contributed by atoms with Gasteiger partial charge in [0.25, 0.3) is 0 Å². The monoisotopic (exact) mass is 450 g/mol. The number of fused-ring (bicyclic) bond motifs is 3. The standard InChI is InChI=1S/C26H30N2O5/c1-17(23(29)28-15-7-13-26(28,2)24(30)31)12-14-27-25(32)33-16-22-20-10-5-3-8-18(20)19-9-4-6-11-21(19)22/h3-6,8-11,17,22H,7,12-16H2,1-2H3,(H,27,32)(H,30,31)/t17?,26-/m1/s1. The third-order valence-corrected chi connectivity index (χ3v) is 6.98. The van der Waals surface area contributed by atoms with Crippen molar-refractivity contribution in [3.8, 4) is 11.1 Å². The molecule has 2 aromatic carbocycles. The van der Waals surface area contributed by atoms with Crippen molar-refractivity contribution in [2.45, 2.75) is 44.6 Å². The van der Waals surface area contributed by atoms with E-state index in [4.69, 9.17) is 4.74 Å². The molecule has 2 amide bonds. The molecule has 1 aliphatic heterocycles. The van der Waals surface area contributed by atoms with E-state index in [1.165, 1.54) is 16.0 Å². The van der Waals surface area contributed by atoms with Crippen LogP contribution in [0.25, 0.3) is 11.1 Å². The van der Waals surface area contributed by atoms with Crippen LogP contribution in [0.15, 0.2) is 48.5 Å². The van der Waals surface area contributed by atoms with Gasteiger partial charge < -0.3 is 20.1 Å². The van der Waals surface area contributed by atoms with Gasteiger partial charge in [0.1, 0.15) is 12.1 Å². The van der Waals surface area contributed by atoms with Gasteiger partial charge in [-0.05, 0) is 48.4 Å². The lowest BCUT2D eigenvalue weighted by molar-refractivity contribution is -0.156. The summed E-state index contributed by atoms with van der Waals surface area (Å²) in [6.07, 6.45) is 1.03. The van der Waals surface area contributed by atoms with E-state index in [1.54, 1.807) is 13.8 Å². The number of carbonyl (C=O) groups is 3. The normalized spacial score (nSPS) is 20.1. The van der Waals surface area contributed by atoms with Crippen LogP contribution in [0.5, 0.6) is 0 Å². The number of likely N-dealkylation sites (tertiary alicyclic amines) is 1. The summed E-state index contributed by atoms with van der Waals surface area (Å²) in [7, 11) is 0. The van der Waals surface area contributed by atoms with Crippen molar-refractivity contribution >= 4 is 18.0 Å². The molecule has 0 radical (unpaired) electrons. The van der Waals surface area contributed by atoms with Gasteiger partial charge in [0.2, 0.25) is 5.91 Å². The number of rotatable bonds is 7. The zero-order valence-electron chi connectivity index (χ0n) is 19.0. The Morgan fingerprint density at radius 2 is 1.73 bits per heavy atom. The maximum Gasteiger partial charge on any atom is 0.407 e. The van der Waals surface area contributed by atoms with Gasteiger partial charge in [0.05, 0.1) is 0 Å². The second-order valence-corrected chi connectivity index (χ2v) is 9.11. The highest BCUT2D eigenvalue weighted by molar-refractivity contribution is 5.88. The zero-order valence-corrected chi connectivity index (χ0v) is 19.0. The number of ether oxygens (including phenoxy) is 1. The largest absolute Gasteiger partial charge is 0.480 e. The highest BCUT2D eigenvalue weighted by Gasteiger charge is 2.46. The number of hydrogen-bond acceptors (Lipinski definition) is 4. The summed E-state index contributed by atoms with van der Waals surface area (Å²) >= 11 is 0. The summed E-state index contributed by atoms with van der Waals surface area (Å²) in [6.45, 7) is 4.33. The Bertz CT molecular complexity index is 1020. The van der Waals surface area contributed by atoms with Crippen LogP contribution in [0.3, 0.4) is 0 Å². The van der Waals surface area contributed by atoms with Crippen molar-refractivity contribution in [2.24, 2.45) is 5.92 Å². The van der Waals surface area contributed by atoms with Crippen LogP contribution in [-0.4, -0.2) is 53.2 Å². The molecule has 1 fully saturated rings. The van der Waals surface area contributed by atoms with Crippen molar-refractivity contribution in [3.05, 3.63) is 59.7 Å². The number of aliphatic carboxylic acids is 1. The molecule has 1 unspecified atom stereocenters. The number of carboxylic acids is 1. The third kappa shape index (κ3) is 4.32. The molecule has 4 rings (SSSR count). The second-order valence-electron chi connectivity index (χ2n) is 9.11. The van der Waals surface area contributed by atoms with Crippen LogP contribution >= 0.6 is 0 Å². The molecule has 1 aliphatic carbocycles. The van der Waals surface area contributed by atoms with Crippen LogP contribution in [0.4, 0.5) is 4.79 Å². The maximum absolute atomic E-state index is 12.8. The van der Waals surface area contributed by atoms with Crippen molar-refractivity contribution in [1.29, 1.82) is 0 Å². The van der Waals surface area contributed by atoms with E-state index < -0.39 is 23.5 Å². The minimum absolute atomic E-state index is 0.00693. The van der Waals surface area contributed by atoms with E-state index in [9.17, 15) is 19.5 Å². The van der Waals surface area contributed by atoms with E-state index in [1.807, 2.05) is 24.3 Å². The van der Waals surface area contributed by atoms with Gasteiger partial charge in [-0.3, -0.25) is 4.79 Å². The van der Waals surface area contributed by atoms with Crippen LogP contribution in [0.2, 0.25) is 0 Å². The van der Waals surface area contributed by atoms with Crippen molar-refractivity contribution < 1.29 is 24.2 Å². The summed E-state index contributed by atoms with van der Waals surface area (Å²) in [4.78, 5) is 38.2. The van der Waals surface area contributed by atoms with Gasteiger partial charge in [-0.2, -0.15) is 0 Å². The van der Waals surface area contributed by atoms with Gasteiger partial charge in [-0.25, -0.2) is 9.59 Å². The molecule has 0 aromatic heterocycles. The first kappa shape index (κ1) is 22.8. The Kier molecular flexibility index (Phi) is 6.40. The van der Waals surface area contributed by atoms with Crippen LogP contribution < -0.4 is 5.32 Å². The summed E-state index contributed by atoms with van der Waals surface area (Å²) in [6, 6.07) is 16.3. The van der Waals surface area contributed by atoms with E-state index in [0.29, 0.717) is 25.8 Å². The molecule has 2 N–H and O–H groups in total. The minimum Gasteiger partial charge on any atom is -0.480 e. The molecule has 2 atom stereocenters. The molecule has 1 saturated heterocycles. The molecule has 7 nitrogen and oxygen atoms in total. The fourth-order valence-corrected chi connectivity index (χ4v) is 4.97. The number of nitrogens with one attached hydrogen (secondary N) is 1. The van der Waals surface area contributed by atoms with Crippen molar-refractivity contribution in [2.75, 3.05) is 19.7 Å². The number of benzene rings is 2. The van der Waals surface area contributed by atoms with Gasteiger partial charge in [-0.15, -0.1) is 0 Å². The second kappa shape index (κ2) is 9.25. The SMILES string of the molecule is CC(CCNC(=O)OCC1c2ccccc2-c2ccccc21)C(=O)N1CCC[C@]1(C)C(=O)O. The van der Waals surface area contributed by atoms with Crippen molar-refractivity contribution in [1.82, 2.24) is 10.2 Å². The molecule has 33 heavy (non-hydrogen) atoms. The molecule has 0 bridgehead atoms. The number of nitrogens with zero attached hydrogens (tertiary/aromatic N) is 1. The van der Waals surface area contributed by atoms with Gasteiger partial charge in [0, 0.05) is 24.9 Å². The number of amides is 2. The fraction of sp³-hybridized carbons (Fsp3) is 0.423. The average Bonchev–Trinajstić information content (AvgIpc) is 3.36. The number of alkyl carbamates (subject to hydrolysis) is 1. The van der Waals surface area contributed by atoms with E-state index >= 15 is 0 Å². The summed E-state index contributed by atoms with van der Waals surface area (Å²) in [5.41, 5.74) is 3.50. The van der Waals surface area contributed by atoms with Crippen LogP contribution in [0.1, 0.15) is 50.2 Å². The molecule has 2 aromatic rings. The molecule has 2 aliphatic rings. The molecule has 0 saturated carbocycles. The summed E-state index contributed by atoms with van der Waals surface area (Å²) < 4.78 is 5.52. The molecule has 1 heterocycles. The van der Waals surface area contributed by atoms with E-state index in [0.717, 1.165) is 11.1 Å². The summed E-state index contributed by atoms with van der Waals surface area (Å²) in [5, 5.41) is 12.3. The Hall–Kier alpha value is -3.35. The van der Waals surface area contributed by atoms with Gasteiger partial charge in [-0.1, -0.05) is 55.5 Å². The first-order valence-electron chi connectivity index (χ1n) is 11.5. The van der Waals surface area contributed by atoms with Crippen LogP contribution in [0, 0.1) is 5.92 Å². The third-order valence-electron chi connectivity index (χ3n) is 6.98. The maximum atomic E-state index is 12.8. The number of carboxylic acid groups (broad SMARTS) is 1. The van der Waals surface area contributed by atoms with E-state index in [2.05, 4.69) is 29.6 Å². The minimum atomic E-state index is -1.15. The molecular formula is C26H30N2O5. The molecule has 7 heteroatoms. The zero-order chi connectivity index (χ0) is 23.6. The molecule has 0 spiro atoms. The Morgan fingerprint density at radius 1 is 1.12 bits per heavy atom. The predicted octanol–water partition coefficient (Wildman–Crippen LogP) is 4.02. The van der Waals surface area contributed by atoms with Crippen molar-refractivity contribution in [3.63, 3.8) is 0 Å². The smallest absolute Gasteiger partial charge is 0.407 e. The molecular weight excluding hydrogens is 420 g/mol. The average molecular weight is 451 g/mol. The van der Waals surface area contributed by atoms with Crippen LogP contribution in [-0.2, 0) is 14.3 Å². The fourth-order valence-electron chi connectivity index (χ4n) is 4.97. The summed E-state index contributed by atoms with van der Waals surface area (Å²) in [5.74, 6) is -1.56. The lowest BCUT2D eigenvalue weighted by Crippen LogP contribution is -2.52. The number of hydrogen-bond donors (Lipinski definition) is 2. The Labute approximate surface area is 193 Å². The number of carbonyl (C=O) groups excluding carboxylic acids is 2. The highest BCUT2D eigenvalue weighted by Crippen LogP contribution is 2.44. The first-order valence-corrected chi connectivity index (χ1v) is 11.5. The van der Waals surface area contributed by atoms with Gasteiger partial charge in [0.15, 0.2) is 0 Å². The predicted molar refractivity (Wildman–Crippen MR) is 124 cm³/mol.